The third-order valence-electron chi connectivity index (χ3n) is 3.45. The van der Waals surface area contributed by atoms with E-state index in [1.54, 1.807) is 64.1 Å². The Morgan fingerprint density at radius 3 is 1.88 bits per heavy atom. The number of carbonyl (C=O) groups excluding carboxylic acids is 2. The van der Waals surface area contributed by atoms with Crippen molar-refractivity contribution in [2.45, 2.75) is 39.4 Å². The first-order valence-electron chi connectivity index (χ1n) is 8.03. The van der Waals surface area contributed by atoms with E-state index in [0.29, 0.717) is 16.9 Å². The van der Waals surface area contributed by atoms with Crippen molar-refractivity contribution in [3.63, 3.8) is 0 Å². The van der Waals surface area contributed by atoms with E-state index in [1.807, 2.05) is 0 Å². The Kier molecular flexibility index (Phi) is 5.47. The Bertz CT molecular complexity index is 743. The van der Waals surface area contributed by atoms with E-state index in [2.05, 4.69) is 0 Å². The number of hydrogen-bond donors (Lipinski definition) is 1. The first-order valence-corrected chi connectivity index (χ1v) is 8.03. The molecule has 0 saturated heterocycles. The quantitative estimate of drug-likeness (QED) is 0.639. The number of hydrogen-bond acceptors (Lipinski definition) is 5. The fraction of sp³-hybridized carbons (Fsp3) is 0.300. The van der Waals surface area contributed by atoms with Crippen LogP contribution >= 0.6 is 0 Å². The van der Waals surface area contributed by atoms with Crippen LogP contribution in [0.15, 0.2) is 48.5 Å². The SMILES string of the molecule is CC(C)OC(=O)C(C)(C)Oc1ccc(C(=O)c2ccc(O)cc2)cc1. The summed E-state index contributed by atoms with van der Waals surface area (Å²) in [4.78, 5) is 24.4. The maximum Gasteiger partial charge on any atom is 0.350 e. The standard InChI is InChI=1S/C20H22O5/c1-13(2)24-19(23)20(3,4)25-17-11-7-15(8-12-17)18(22)14-5-9-16(21)10-6-14/h5-13,21H,1-4H3. The van der Waals surface area contributed by atoms with Crippen LogP contribution in [0.2, 0.25) is 0 Å². The smallest absolute Gasteiger partial charge is 0.350 e. The number of esters is 1. The van der Waals surface area contributed by atoms with Crippen LogP contribution in [-0.4, -0.2) is 28.6 Å². The second-order valence-corrected chi connectivity index (χ2v) is 6.47. The van der Waals surface area contributed by atoms with Crippen LogP contribution in [0.3, 0.4) is 0 Å². The molecule has 1 N–H and O–H groups in total. The van der Waals surface area contributed by atoms with Gasteiger partial charge in [-0.1, -0.05) is 0 Å². The third kappa shape index (κ3) is 4.83. The molecule has 5 nitrogen and oxygen atoms in total. The minimum atomic E-state index is -1.13. The summed E-state index contributed by atoms with van der Waals surface area (Å²) in [7, 11) is 0. The fourth-order valence-electron chi connectivity index (χ4n) is 2.15. The Morgan fingerprint density at radius 2 is 1.40 bits per heavy atom. The van der Waals surface area contributed by atoms with E-state index in [-0.39, 0.29) is 17.6 Å². The molecule has 0 aliphatic rings. The van der Waals surface area contributed by atoms with Gasteiger partial charge in [0.1, 0.15) is 11.5 Å². The molecule has 0 bridgehead atoms. The van der Waals surface area contributed by atoms with Gasteiger partial charge in [0.15, 0.2) is 11.4 Å². The lowest BCUT2D eigenvalue weighted by Gasteiger charge is -2.25. The molecule has 0 amide bonds. The molecule has 0 heterocycles. The van der Waals surface area contributed by atoms with Crippen molar-refractivity contribution in [1.29, 1.82) is 0 Å². The molecule has 0 aromatic heterocycles. The molecule has 2 rings (SSSR count). The lowest BCUT2D eigenvalue weighted by molar-refractivity contribution is -0.163. The summed E-state index contributed by atoms with van der Waals surface area (Å²) in [6.45, 7) is 6.82. The topological polar surface area (TPSA) is 72.8 Å². The number of phenols is 1. The molecule has 0 aliphatic carbocycles. The largest absolute Gasteiger partial charge is 0.508 e. The number of carbonyl (C=O) groups is 2. The minimum absolute atomic E-state index is 0.107. The molecule has 132 valence electrons. The van der Waals surface area contributed by atoms with Gasteiger partial charge >= 0.3 is 5.97 Å². The second-order valence-electron chi connectivity index (χ2n) is 6.47. The van der Waals surface area contributed by atoms with E-state index in [9.17, 15) is 14.7 Å². The van der Waals surface area contributed by atoms with Crippen molar-refractivity contribution in [3.05, 3.63) is 59.7 Å². The molecule has 0 radical (unpaired) electrons. The van der Waals surface area contributed by atoms with Gasteiger partial charge in [0, 0.05) is 11.1 Å². The van der Waals surface area contributed by atoms with Crippen LogP contribution in [0.25, 0.3) is 0 Å². The molecule has 0 saturated carbocycles. The first kappa shape index (κ1) is 18.5. The van der Waals surface area contributed by atoms with Gasteiger partial charge in [-0.2, -0.15) is 0 Å². The van der Waals surface area contributed by atoms with Crippen LogP contribution in [0.4, 0.5) is 0 Å². The highest BCUT2D eigenvalue weighted by Crippen LogP contribution is 2.22. The van der Waals surface area contributed by atoms with E-state index >= 15 is 0 Å². The van der Waals surface area contributed by atoms with Gasteiger partial charge in [-0.3, -0.25) is 4.79 Å². The molecule has 2 aromatic rings. The van der Waals surface area contributed by atoms with Crippen LogP contribution in [0, 0.1) is 0 Å². The van der Waals surface area contributed by atoms with Crippen LogP contribution < -0.4 is 4.74 Å². The summed E-state index contributed by atoms with van der Waals surface area (Å²) in [5, 5.41) is 9.29. The third-order valence-corrected chi connectivity index (χ3v) is 3.45. The molecule has 0 spiro atoms. The molecular formula is C20H22O5. The van der Waals surface area contributed by atoms with E-state index in [1.165, 1.54) is 12.1 Å². The lowest BCUT2D eigenvalue weighted by atomic mass is 10.0. The number of ketones is 1. The van der Waals surface area contributed by atoms with Gasteiger partial charge in [-0.05, 0) is 76.2 Å². The summed E-state index contributed by atoms with van der Waals surface area (Å²) in [5.41, 5.74) is -0.167. The molecule has 0 fully saturated rings. The molecule has 5 heteroatoms. The van der Waals surface area contributed by atoms with Gasteiger partial charge in [-0.15, -0.1) is 0 Å². The number of phenolic OH excluding ortho intramolecular Hbond substituents is 1. The van der Waals surface area contributed by atoms with Gasteiger partial charge < -0.3 is 14.6 Å². The lowest BCUT2D eigenvalue weighted by Crippen LogP contribution is -2.40. The zero-order valence-corrected chi connectivity index (χ0v) is 14.8. The number of rotatable bonds is 6. The zero-order chi connectivity index (χ0) is 18.6. The van der Waals surface area contributed by atoms with Crippen LogP contribution in [0.5, 0.6) is 11.5 Å². The van der Waals surface area contributed by atoms with Crippen molar-refractivity contribution < 1.29 is 24.2 Å². The summed E-state index contributed by atoms with van der Waals surface area (Å²) >= 11 is 0. The van der Waals surface area contributed by atoms with Gasteiger partial charge in [0.2, 0.25) is 0 Å². The molecule has 0 atom stereocenters. The normalized spacial score (nSPS) is 11.2. The molecule has 25 heavy (non-hydrogen) atoms. The maximum atomic E-state index is 12.4. The predicted molar refractivity (Wildman–Crippen MR) is 93.9 cm³/mol. The van der Waals surface area contributed by atoms with Gasteiger partial charge in [0.05, 0.1) is 6.10 Å². The van der Waals surface area contributed by atoms with Crippen molar-refractivity contribution in [2.75, 3.05) is 0 Å². The Morgan fingerprint density at radius 1 is 0.920 bits per heavy atom. The number of ether oxygens (including phenoxy) is 2. The minimum Gasteiger partial charge on any atom is -0.508 e. The van der Waals surface area contributed by atoms with E-state index < -0.39 is 11.6 Å². The Hall–Kier alpha value is -2.82. The second kappa shape index (κ2) is 7.38. The number of aromatic hydroxyl groups is 1. The molecule has 0 unspecified atom stereocenters. The van der Waals surface area contributed by atoms with Crippen LogP contribution in [0.1, 0.15) is 43.6 Å². The van der Waals surface area contributed by atoms with Gasteiger partial charge in [-0.25, -0.2) is 4.79 Å². The van der Waals surface area contributed by atoms with Crippen molar-refractivity contribution in [2.24, 2.45) is 0 Å². The summed E-state index contributed by atoms with van der Waals surface area (Å²) in [5.74, 6) is -0.0412. The Labute approximate surface area is 147 Å². The highest BCUT2D eigenvalue weighted by Gasteiger charge is 2.32. The summed E-state index contributed by atoms with van der Waals surface area (Å²) < 4.78 is 10.9. The van der Waals surface area contributed by atoms with Crippen molar-refractivity contribution >= 4 is 11.8 Å². The highest BCUT2D eigenvalue weighted by molar-refractivity contribution is 6.09. The molecule has 0 aliphatic heterocycles. The summed E-state index contributed by atoms with van der Waals surface area (Å²) in [6.07, 6.45) is -0.222. The molecular weight excluding hydrogens is 320 g/mol. The Balaban J connectivity index is 2.10. The van der Waals surface area contributed by atoms with E-state index in [0.717, 1.165) is 0 Å². The predicted octanol–water partition coefficient (Wildman–Crippen LogP) is 3.73. The van der Waals surface area contributed by atoms with Crippen molar-refractivity contribution in [3.8, 4) is 11.5 Å². The van der Waals surface area contributed by atoms with Crippen LogP contribution in [-0.2, 0) is 9.53 Å². The van der Waals surface area contributed by atoms with Gasteiger partial charge in [0.25, 0.3) is 0 Å². The first-order chi connectivity index (χ1) is 11.7. The zero-order valence-electron chi connectivity index (χ0n) is 14.8. The van der Waals surface area contributed by atoms with Crippen molar-refractivity contribution in [1.82, 2.24) is 0 Å². The average molecular weight is 342 g/mol. The van der Waals surface area contributed by atoms with E-state index in [4.69, 9.17) is 9.47 Å². The number of benzene rings is 2. The monoisotopic (exact) mass is 342 g/mol. The average Bonchev–Trinajstić information content (AvgIpc) is 2.54. The fourth-order valence-corrected chi connectivity index (χ4v) is 2.15. The highest BCUT2D eigenvalue weighted by atomic mass is 16.6. The maximum absolute atomic E-state index is 12.4. The molecule has 2 aromatic carbocycles. The summed E-state index contributed by atoms with van der Waals surface area (Å²) in [6, 6.07) is 12.6.